The minimum Gasteiger partial charge on any atom is -0.468 e. The van der Waals surface area contributed by atoms with Crippen molar-refractivity contribution in [2.45, 2.75) is 37.9 Å². The van der Waals surface area contributed by atoms with Gasteiger partial charge in [-0.2, -0.15) is 5.10 Å². The monoisotopic (exact) mass is 456 g/mol. The fourth-order valence-corrected chi connectivity index (χ4v) is 5.97. The first-order valence-corrected chi connectivity index (χ1v) is 12.3. The second kappa shape index (κ2) is 9.28. The minimum absolute atomic E-state index is 0.545. The van der Waals surface area contributed by atoms with Crippen LogP contribution in [0.2, 0.25) is 0 Å². The number of fused-ring (bicyclic) bond motifs is 3. The molecule has 7 rings (SSSR count). The molecule has 6 nitrogen and oxygen atoms in total. The molecule has 0 amide bonds. The Morgan fingerprint density at radius 3 is 2.32 bits per heavy atom. The van der Waals surface area contributed by atoms with E-state index in [1.807, 2.05) is 12.1 Å². The third kappa shape index (κ3) is 4.36. The van der Waals surface area contributed by atoms with Crippen LogP contribution in [0.4, 0.5) is 0 Å². The second-order valence-corrected chi connectivity index (χ2v) is 9.81. The zero-order valence-corrected chi connectivity index (χ0v) is 19.7. The van der Waals surface area contributed by atoms with Crippen LogP contribution < -0.4 is 0 Å². The van der Waals surface area contributed by atoms with Crippen LogP contribution in [0.3, 0.4) is 0 Å². The fourth-order valence-electron chi connectivity index (χ4n) is 5.97. The highest BCUT2D eigenvalue weighted by Gasteiger charge is 2.42. The van der Waals surface area contributed by atoms with Crippen LogP contribution in [0.1, 0.15) is 36.0 Å². The summed E-state index contributed by atoms with van der Waals surface area (Å²) < 4.78 is 13.4. The van der Waals surface area contributed by atoms with Crippen LogP contribution in [-0.2, 0) is 20.1 Å². The van der Waals surface area contributed by atoms with Crippen LogP contribution in [0.15, 0.2) is 82.0 Å². The number of hydrogen-bond acceptors (Lipinski definition) is 5. The van der Waals surface area contributed by atoms with Crippen molar-refractivity contribution in [3.05, 3.63) is 90.4 Å². The van der Waals surface area contributed by atoms with Crippen LogP contribution in [-0.4, -0.2) is 45.3 Å². The molecule has 0 aliphatic carbocycles. The van der Waals surface area contributed by atoms with Gasteiger partial charge in [-0.05, 0) is 55.6 Å². The average molecular weight is 457 g/mol. The molecule has 34 heavy (non-hydrogen) atoms. The topological polar surface area (TPSA) is 50.6 Å². The Hall–Kier alpha value is -3.09. The lowest BCUT2D eigenvalue weighted by atomic mass is 9.74. The summed E-state index contributed by atoms with van der Waals surface area (Å²) in [7, 11) is 2.10. The van der Waals surface area contributed by atoms with Crippen molar-refractivity contribution in [2.24, 2.45) is 13.0 Å². The maximum absolute atomic E-state index is 5.67. The molecular weight excluding hydrogens is 424 g/mol. The molecule has 4 aromatic rings. The molecular formula is C28H32N4O2. The number of aryl methyl sites for hydroxylation is 1. The molecule has 0 N–H and O–H groups in total. The predicted molar refractivity (Wildman–Crippen MR) is 131 cm³/mol. The van der Waals surface area contributed by atoms with Gasteiger partial charge in [-0.1, -0.05) is 30.3 Å². The summed E-state index contributed by atoms with van der Waals surface area (Å²) in [6, 6.07) is 21.4. The van der Waals surface area contributed by atoms with Gasteiger partial charge in [-0.25, -0.2) is 0 Å². The van der Waals surface area contributed by atoms with Gasteiger partial charge in [0.05, 0.1) is 31.3 Å². The first kappa shape index (κ1) is 21.4. The molecule has 1 aromatic carbocycles. The van der Waals surface area contributed by atoms with E-state index < -0.39 is 0 Å². The predicted octanol–water partition coefficient (Wildman–Crippen LogP) is 5.15. The van der Waals surface area contributed by atoms with Gasteiger partial charge in [0.25, 0.3) is 0 Å². The Morgan fingerprint density at radius 2 is 1.71 bits per heavy atom. The van der Waals surface area contributed by atoms with Crippen molar-refractivity contribution in [3.8, 4) is 11.3 Å². The molecule has 0 spiro atoms. The lowest BCUT2D eigenvalue weighted by Crippen LogP contribution is -2.56. The average Bonchev–Trinajstić information content (AvgIpc) is 3.63. The molecule has 1 unspecified atom stereocenters. The van der Waals surface area contributed by atoms with E-state index >= 15 is 0 Å². The SMILES string of the molecule is Cn1nc(-c2ccccc2)cc1[C@@H]1CN2CC[C@H]1C[C@@H]2CN(Cc1ccco1)Cc1ccco1. The highest BCUT2D eigenvalue weighted by atomic mass is 16.3. The second-order valence-electron chi connectivity index (χ2n) is 9.81. The molecule has 3 aromatic heterocycles. The zero-order valence-electron chi connectivity index (χ0n) is 19.7. The van der Waals surface area contributed by atoms with E-state index in [-0.39, 0.29) is 0 Å². The van der Waals surface area contributed by atoms with Crippen molar-refractivity contribution >= 4 is 0 Å². The number of hydrogen-bond donors (Lipinski definition) is 0. The molecule has 3 saturated heterocycles. The van der Waals surface area contributed by atoms with Gasteiger partial charge in [0.15, 0.2) is 0 Å². The molecule has 0 radical (unpaired) electrons. The van der Waals surface area contributed by atoms with Crippen molar-refractivity contribution in [1.82, 2.24) is 19.6 Å². The summed E-state index contributed by atoms with van der Waals surface area (Å²) in [6.07, 6.45) is 6.01. The Kier molecular flexibility index (Phi) is 5.85. The lowest BCUT2D eigenvalue weighted by molar-refractivity contribution is 0.00571. The number of rotatable bonds is 8. The van der Waals surface area contributed by atoms with E-state index in [1.165, 1.54) is 30.6 Å². The Balaban J connectivity index is 1.17. The van der Waals surface area contributed by atoms with Gasteiger partial charge in [-0.15, -0.1) is 0 Å². The first-order chi connectivity index (χ1) is 16.7. The van der Waals surface area contributed by atoms with Crippen LogP contribution >= 0.6 is 0 Å². The van der Waals surface area contributed by atoms with E-state index in [1.54, 1.807) is 12.5 Å². The summed E-state index contributed by atoms with van der Waals surface area (Å²) in [5, 5.41) is 4.86. The summed E-state index contributed by atoms with van der Waals surface area (Å²) >= 11 is 0. The Bertz CT molecular complexity index is 1150. The molecule has 0 saturated carbocycles. The van der Waals surface area contributed by atoms with E-state index in [0.29, 0.717) is 17.9 Å². The van der Waals surface area contributed by atoms with E-state index in [4.69, 9.17) is 13.9 Å². The van der Waals surface area contributed by atoms with E-state index in [0.717, 1.165) is 43.4 Å². The van der Waals surface area contributed by atoms with Gasteiger partial charge in [-0.3, -0.25) is 14.5 Å². The molecule has 2 bridgehead atoms. The van der Waals surface area contributed by atoms with E-state index in [9.17, 15) is 0 Å². The molecule has 176 valence electrons. The quantitative estimate of drug-likeness (QED) is 0.367. The number of piperidine rings is 3. The van der Waals surface area contributed by atoms with Crippen LogP contribution in [0.25, 0.3) is 11.3 Å². The van der Waals surface area contributed by atoms with Crippen molar-refractivity contribution < 1.29 is 8.83 Å². The first-order valence-electron chi connectivity index (χ1n) is 12.3. The maximum Gasteiger partial charge on any atom is 0.117 e. The largest absolute Gasteiger partial charge is 0.468 e. The van der Waals surface area contributed by atoms with E-state index in [2.05, 4.69) is 70.1 Å². The number of nitrogens with zero attached hydrogens (tertiary/aromatic N) is 4. The third-order valence-electron chi connectivity index (χ3n) is 7.63. The zero-order chi connectivity index (χ0) is 22.9. The van der Waals surface area contributed by atoms with Crippen molar-refractivity contribution in [2.75, 3.05) is 19.6 Å². The Morgan fingerprint density at radius 1 is 0.971 bits per heavy atom. The number of benzene rings is 1. The molecule has 6 heteroatoms. The minimum atomic E-state index is 0.545. The van der Waals surface area contributed by atoms with Crippen LogP contribution in [0, 0.1) is 5.92 Å². The third-order valence-corrected chi connectivity index (χ3v) is 7.63. The summed E-state index contributed by atoms with van der Waals surface area (Å²) in [5.41, 5.74) is 3.64. The molecule has 3 aliphatic rings. The van der Waals surface area contributed by atoms with Crippen molar-refractivity contribution in [3.63, 3.8) is 0 Å². The fraction of sp³-hybridized carbons (Fsp3) is 0.393. The highest BCUT2D eigenvalue weighted by molar-refractivity contribution is 5.59. The maximum atomic E-state index is 5.67. The van der Waals surface area contributed by atoms with Crippen LogP contribution in [0.5, 0.6) is 0 Å². The van der Waals surface area contributed by atoms with Gasteiger partial charge in [0.1, 0.15) is 11.5 Å². The highest BCUT2D eigenvalue weighted by Crippen LogP contribution is 2.42. The van der Waals surface area contributed by atoms with Gasteiger partial charge < -0.3 is 8.83 Å². The number of aromatic nitrogens is 2. The van der Waals surface area contributed by atoms with Gasteiger partial charge >= 0.3 is 0 Å². The van der Waals surface area contributed by atoms with Gasteiger partial charge in [0.2, 0.25) is 0 Å². The molecule has 6 heterocycles. The standard InChI is InChI=1S/C28H32N4O2/c1-30-28(16-27(29-30)21-7-3-2-4-8-21)26-20-32-12-11-22(26)15-23(32)17-31(18-24-9-5-13-33-24)19-25-10-6-14-34-25/h2-10,13-14,16,22-23,26H,11-12,15,17-20H2,1H3/t22-,23+,26+/m0/s1. The lowest BCUT2D eigenvalue weighted by Gasteiger charge is -2.50. The number of furan rings is 2. The Labute approximate surface area is 200 Å². The smallest absolute Gasteiger partial charge is 0.117 e. The summed E-state index contributed by atoms with van der Waals surface area (Å²) in [4.78, 5) is 5.17. The molecule has 3 aliphatic heterocycles. The summed E-state index contributed by atoms with van der Waals surface area (Å²) in [6.45, 7) is 4.91. The van der Waals surface area contributed by atoms with Crippen molar-refractivity contribution in [1.29, 1.82) is 0 Å². The normalized spacial score (nSPS) is 24.2. The molecule has 4 atom stereocenters. The summed E-state index contributed by atoms with van der Waals surface area (Å²) in [5.74, 6) is 3.25. The van der Waals surface area contributed by atoms with Gasteiger partial charge in [0, 0.05) is 43.4 Å². The molecule has 3 fully saturated rings.